The van der Waals surface area contributed by atoms with E-state index in [0.29, 0.717) is 6.42 Å². The second kappa shape index (κ2) is 10.2. The molecule has 0 saturated heterocycles. The van der Waals surface area contributed by atoms with Crippen molar-refractivity contribution in [2.24, 2.45) is 0 Å². The summed E-state index contributed by atoms with van der Waals surface area (Å²) in [6, 6.07) is 0. The Balaban J connectivity index is 0. The van der Waals surface area contributed by atoms with Crippen molar-refractivity contribution in [3.8, 4) is 0 Å². The van der Waals surface area contributed by atoms with Crippen LogP contribution in [0.3, 0.4) is 0 Å². The van der Waals surface area contributed by atoms with Gasteiger partial charge in [0.1, 0.15) is 0 Å². The molecule has 0 amide bonds. The fraction of sp³-hybridized carbons (Fsp3) is 0.700. The number of Topliss-reactive ketones (excluding diaryl/α,β-unsaturated/α-hetero) is 1. The molecule has 0 rings (SSSR count). The lowest BCUT2D eigenvalue weighted by atomic mass is 10.1. The van der Waals surface area contributed by atoms with Crippen LogP contribution in [0.5, 0.6) is 0 Å². The first kappa shape index (κ1) is 13.8. The molecule has 0 atom stereocenters. The minimum Gasteiger partial charge on any atom is -0.394 e. The molecule has 0 radical (unpaired) electrons. The predicted molar refractivity (Wildman–Crippen MR) is 54.1 cm³/mol. The van der Waals surface area contributed by atoms with E-state index in [1.54, 1.807) is 13.2 Å². The summed E-state index contributed by atoms with van der Waals surface area (Å²) in [4.78, 5) is 11.0. The van der Waals surface area contributed by atoms with Crippen LogP contribution in [0.4, 0.5) is 0 Å². The van der Waals surface area contributed by atoms with Gasteiger partial charge in [0.2, 0.25) is 0 Å². The zero-order chi connectivity index (χ0) is 9.98. The summed E-state index contributed by atoms with van der Waals surface area (Å²) in [5.74, 6) is 0.233. The molecule has 0 heterocycles. The van der Waals surface area contributed by atoms with Crippen LogP contribution in [0, 0.1) is 0 Å². The number of carbonyl (C=O) groups excluding carboxylic acids is 1. The molecule has 2 nitrogen and oxygen atoms in total. The van der Waals surface area contributed by atoms with Crippen LogP contribution in [-0.4, -0.2) is 12.8 Å². The van der Waals surface area contributed by atoms with Gasteiger partial charge in [-0.1, -0.05) is 20.8 Å². The molecule has 0 spiro atoms. The smallest absolute Gasteiger partial charge is 0.160 e. The van der Waals surface area contributed by atoms with Gasteiger partial charge < -0.3 is 5.32 Å². The molecule has 0 bridgehead atoms. The van der Waals surface area contributed by atoms with E-state index in [1.807, 2.05) is 27.7 Å². The fourth-order valence-electron chi connectivity index (χ4n) is 0.721. The first-order chi connectivity index (χ1) is 5.72. The van der Waals surface area contributed by atoms with Crippen molar-refractivity contribution in [1.29, 1.82) is 0 Å². The molecule has 2 heteroatoms. The van der Waals surface area contributed by atoms with Gasteiger partial charge in [-0.2, -0.15) is 0 Å². The third kappa shape index (κ3) is 7.32. The topological polar surface area (TPSA) is 29.1 Å². The summed E-state index contributed by atoms with van der Waals surface area (Å²) in [7, 11) is 1.79. The Morgan fingerprint density at radius 1 is 1.42 bits per heavy atom. The largest absolute Gasteiger partial charge is 0.394 e. The highest BCUT2D eigenvalue weighted by Gasteiger charge is 2.00. The molecule has 0 aromatic carbocycles. The van der Waals surface area contributed by atoms with E-state index in [2.05, 4.69) is 5.32 Å². The van der Waals surface area contributed by atoms with Crippen LogP contribution in [0.15, 0.2) is 11.8 Å². The lowest BCUT2D eigenvalue weighted by molar-refractivity contribution is -0.115. The minimum atomic E-state index is 0.233. The van der Waals surface area contributed by atoms with Crippen molar-refractivity contribution < 1.29 is 4.79 Å². The number of ketones is 1. The first-order valence-corrected chi connectivity index (χ1v) is 4.59. The Bertz CT molecular complexity index is 139. The van der Waals surface area contributed by atoms with Crippen molar-refractivity contribution in [1.82, 2.24) is 5.32 Å². The van der Waals surface area contributed by atoms with Crippen molar-refractivity contribution in [2.45, 2.75) is 40.5 Å². The van der Waals surface area contributed by atoms with E-state index < -0.39 is 0 Å². The van der Waals surface area contributed by atoms with Gasteiger partial charge in [-0.25, -0.2) is 0 Å². The van der Waals surface area contributed by atoms with Gasteiger partial charge in [0.25, 0.3) is 0 Å². The van der Waals surface area contributed by atoms with Crippen molar-refractivity contribution in [3.63, 3.8) is 0 Å². The highest BCUT2D eigenvalue weighted by molar-refractivity contribution is 5.94. The zero-order valence-electron chi connectivity index (χ0n) is 8.90. The number of rotatable bonds is 4. The van der Waals surface area contributed by atoms with Crippen LogP contribution in [0.2, 0.25) is 0 Å². The Morgan fingerprint density at radius 3 is 2.25 bits per heavy atom. The summed E-state index contributed by atoms with van der Waals surface area (Å²) in [6.45, 7) is 7.83. The molecular formula is C10H21NO. The maximum atomic E-state index is 11.0. The number of nitrogens with one attached hydrogen (secondary N) is 1. The molecule has 72 valence electrons. The molecule has 0 aromatic rings. The van der Waals surface area contributed by atoms with Crippen molar-refractivity contribution in [3.05, 3.63) is 11.8 Å². The van der Waals surface area contributed by atoms with Gasteiger partial charge in [-0.3, -0.25) is 4.79 Å². The lowest BCUT2D eigenvalue weighted by Crippen LogP contribution is -2.03. The van der Waals surface area contributed by atoms with Crippen molar-refractivity contribution in [2.75, 3.05) is 7.05 Å². The number of carbonyl (C=O) groups is 1. The van der Waals surface area contributed by atoms with E-state index in [1.165, 1.54) is 0 Å². The first-order valence-electron chi connectivity index (χ1n) is 4.59. The normalized spacial score (nSPS) is 9.92. The van der Waals surface area contributed by atoms with Gasteiger partial charge >= 0.3 is 0 Å². The van der Waals surface area contributed by atoms with Gasteiger partial charge in [-0.15, -0.1) is 0 Å². The van der Waals surface area contributed by atoms with Gasteiger partial charge in [0.05, 0.1) is 0 Å². The fourth-order valence-corrected chi connectivity index (χ4v) is 0.721. The molecule has 0 saturated carbocycles. The molecule has 0 fully saturated rings. The third-order valence-electron chi connectivity index (χ3n) is 1.28. The summed E-state index contributed by atoms with van der Waals surface area (Å²) in [5.41, 5.74) is 0.810. The van der Waals surface area contributed by atoms with E-state index >= 15 is 0 Å². The Morgan fingerprint density at radius 2 is 1.92 bits per heavy atom. The van der Waals surface area contributed by atoms with E-state index in [-0.39, 0.29) is 5.78 Å². The molecule has 0 aliphatic heterocycles. The van der Waals surface area contributed by atoms with Crippen LogP contribution >= 0.6 is 0 Å². The number of hydrogen-bond donors (Lipinski definition) is 1. The molecule has 1 N–H and O–H groups in total. The monoisotopic (exact) mass is 171 g/mol. The summed E-state index contributed by atoms with van der Waals surface area (Å²) < 4.78 is 0. The van der Waals surface area contributed by atoms with Crippen LogP contribution in [-0.2, 0) is 4.79 Å². The standard InChI is InChI=1S/C8H15NO.C2H6/c1-4-5-8(10)7(2)6-9-3;1-2/h6,9H,4-5H2,1-3H3;1-2H3/b7-6-;. The van der Waals surface area contributed by atoms with Gasteiger partial charge in [0.15, 0.2) is 5.78 Å². The Hall–Kier alpha value is -0.790. The van der Waals surface area contributed by atoms with E-state index in [9.17, 15) is 4.79 Å². The van der Waals surface area contributed by atoms with Crippen LogP contribution in [0.25, 0.3) is 0 Å². The molecule has 0 aliphatic rings. The van der Waals surface area contributed by atoms with Gasteiger partial charge in [-0.05, 0) is 13.3 Å². The number of hydrogen-bond acceptors (Lipinski definition) is 2. The average molecular weight is 171 g/mol. The quantitative estimate of drug-likeness (QED) is 0.658. The summed E-state index contributed by atoms with van der Waals surface area (Å²) in [5, 5.41) is 2.82. The Labute approximate surface area is 76.1 Å². The maximum Gasteiger partial charge on any atom is 0.160 e. The summed E-state index contributed by atoms with van der Waals surface area (Å²) in [6.07, 6.45) is 3.32. The average Bonchev–Trinajstić information content (AvgIpc) is 2.09. The Kier molecular flexibility index (Phi) is 11.7. The second-order valence-electron chi connectivity index (χ2n) is 2.29. The third-order valence-corrected chi connectivity index (χ3v) is 1.28. The summed E-state index contributed by atoms with van der Waals surface area (Å²) >= 11 is 0. The zero-order valence-corrected chi connectivity index (χ0v) is 8.90. The molecule has 0 aliphatic carbocycles. The maximum absolute atomic E-state index is 11.0. The van der Waals surface area contributed by atoms with Crippen LogP contribution < -0.4 is 5.32 Å². The minimum absolute atomic E-state index is 0.233. The second-order valence-corrected chi connectivity index (χ2v) is 2.29. The van der Waals surface area contributed by atoms with Crippen molar-refractivity contribution >= 4 is 5.78 Å². The number of allylic oxidation sites excluding steroid dienone is 1. The SMILES string of the molecule is CC.CCCC(=O)/C(C)=C\NC. The molecule has 0 aromatic heterocycles. The molecule has 12 heavy (non-hydrogen) atoms. The van der Waals surface area contributed by atoms with Gasteiger partial charge in [0, 0.05) is 25.2 Å². The molecular weight excluding hydrogens is 150 g/mol. The van der Waals surface area contributed by atoms with Crippen LogP contribution in [0.1, 0.15) is 40.5 Å². The van der Waals surface area contributed by atoms with E-state index in [4.69, 9.17) is 0 Å². The predicted octanol–water partition coefficient (Wildman–Crippen LogP) is 2.51. The van der Waals surface area contributed by atoms with E-state index in [0.717, 1.165) is 12.0 Å². The lowest BCUT2D eigenvalue weighted by Gasteiger charge is -1.96. The highest BCUT2D eigenvalue weighted by atomic mass is 16.1. The molecule has 0 unspecified atom stereocenters. The highest BCUT2D eigenvalue weighted by Crippen LogP contribution is 1.99.